The van der Waals surface area contributed by atoms with Crippen molar-refractivity contribution in [1.29, 1.82) is 0 Å². The summed E-state index contributed by atoms with van der Waals surface area (Å²) in [5, 5.41) is 0. The van der Waals surface area contributed by atoms with Crippen LogP contribution in [0.15, 0.2) is 0 Å². The molecule has 0 radical (unpaired) electrons. The molecule has 94 valence electrons. The summed E-state index contributed by atoms with van der Waals surface area (Å²) in [5.41, 5.74) is 0. The Bertz CT molecular complexity index is 203. The third-order valence-electron chi connectivity index (χ3n) is 3.55. The Morgan fingerprint density at radius 2 is 2.00 bits per heavy atom. The van der Waals surface area contributed by atoms with Crippen LogP contribution in [0.5, 0.6) is 0 Å². The number of likely N-dealkylation sites (tertiary alicyclic amines) is 1. The summed E-state index contributed by atoms with van der Waals surface area (Å²) >= 11 is 0. The molecule has 1 heterocycles. The van der Waals surface area contributed by atoms with Crippen molar-refractivity contribution in [2.45, 2.75) is 77.7 Å². The SMILES string of the molecule is CCCCCCC1CCCN1C(=O)CCC. The van der Waals surface area contributed by atoms with Crippen molar-refractivity contribution in [2.24, 2.45) is 0 Å². The van der Waals surface area contributed by atoms with Crippen molar-refractivity contribution in [3.05, 3.63) is 0 Å². The standard InChI is InChI=1S/C14H27NO/c1-3-5-6-7-10-13-11-8-12-15(13)14(16)9-4-2/h13H,3-12H2,1-2H3. The second-order valence-electron chi connectivity index (χ2n) is 4.98. The van der Waals surface area contributed by atoms with Gasteiger partial charge in [-0.05, 0) is 25.7 Å². The maximum absolute atomic E-state index is 11.9. The minimum Gasteiger partial charge on any atom is -0.340 e. The van der Waals surface area contributed by atoms with Crippen molar-refractivity contribution >= 4 is 5.91 Å². The molecular formula is C14H27NO. The Kier molecular flexibility index (Phi) is 6.51. The average molecular weight is 225 g/mol. The molecule has 1 saturated heterocycles. The predicted molar refractivity (Wildman–Crippen MR) is 68.4 cm³/mol. The summed E-state index contributed by atoms with van der Waals surface area (Å²) in [4.78, 5) is 14.0. The fraction of sp³-hybridized carbons (Fsp3) is 0.929. The van der Waals surface area contributed by atoms with E-state index in [1.165, 1.54) is 44.9 Å². The minimum atomic E-state index is 0.389. The summed E-state index contributed by atoms with van der Waals surface area (Å²) in [6.45, 7) is 5.34. The fourth-order valence-corrected chi connectivity index (χ4v) is 2.63. The van der Waals surface area contributed by atoms with E-state index < -0.39 is 0 Å². The molecule has 0 spiro atoms. The Hall–Kier alpha value is -0.530. The van der Waals surface area contributed by atoms with Gasteiger partial charge in [0, 0.05) is 19.0 Å². The van der Waals surface area contributed by atoms with Gasteiger partial charge in [-0.15, -0.1) is 0 Å². The Labute approximate surface area is 100 Å². The topological polar surface area (TPSA) is 20.3 Å². The smallest absolute Gasteiger partial charge is 0.222 e. The largest absolute Gasteiger partial charge is 0.340 e. The van der Waals surface area contributed by atoms with Gasteiger partial charge in [0.05, 0.1) is 0 Å². The van der Waals surface area contributed by atoms with E-state index in [1.54, 1.807) is 0 Å². The lowest BCUT2D eigenvalue weighted by molar-refractivity contribution is -0.132. The van der Waals surface area contributed by atoms with Crippen LogP contribution in [0.4, 0.5) is 0 Å². The first kappa shape index (κ1) is 13.5. The maximum atomic E-state index is 11.9. The summed E-state index contributed by atoms with van der Waals surface area (Å²) in [6, 6.07) is 0.566. The van der Waals surface area contributed by atoms with Crippen LogP contribution >= 0.6 is 0 Å². The van der Waals surface area contributed by atoms with E-state index in [2.05, 4.69) is 18.7 Å². The lowest BCUT2D eigenvalue weighted by Gasteiger charge is -2.24. The predicted octanol–water partition coefficient (Wildman–Crippen LogP) is 3.75. The van der Waals surface area contributed by atoms with Crippen LogP contribution in [-0.4, -0.2) is 23.4 Å². The highest BCUT2D eigenvalue weighted by molar-refractivity contribution is 5.76. The van der Waals surface area contributed by atoms with Crippen molar-refractivity contribution in [1.82, 2.24) is 4.90 Å². The first-order valence-corrected chi connectivity index (χ1v) is 7.09. The van der Waals surface area contributed by atoms with Gasteiger partial charge in [0.2, 0.25) is 5.91 Å². The average Bonchev–Trinajstić information content (AvgIpc) is 2.73. The second kappa shape index (κ2) is 7.70. The van der Waals surface area contributed by atoms with E-state index in [1.807, 2.05) is 0 Å². The number of carbonyl (C=O) groups excluding carboxylic acids is 1. The highest BCUT2D eigenvalue weighted by atomic mass is 16.2. The lowest BCUT2D eigenvalue weighted by Crippen LogP contribution is -2.35. The molecule has 1 unspecified atom stereocenters. The zero-order valence-corrected chi connectivity index (χ0v) is 11.0. The summed E-state index contributed by atoms with van der Waals surface area (Å²) in [6.07, 6.45) is 10.7. The third kappa shape index (κ3) is 4.15. The van der Waals surface area contributed by atoms with E-state index in [0.29, 0.717) is 11.9 Å². The van der Waals surface area contributed by atoms with Crippen LogP contribution in [0.1, 0.15) is 71.6 Å². The number of amides is 1. The zero-order valence-electron chi connectivity index (χ0n) is 11.0. The highest BCUT2D eigenvalue weighted by Gasteiger charge is 2.27. The molecule has 0 aliphatic carbocycles. The van der Waals surface area contributed by atoms with Crippen LogP contribution < -0.4 is 0 Å². The molecule has 16 heavy (non-hydrogen) atoms. The van der Waals surface area contributed by atoms with Gasteiger partial charge >= 0.3 is 0 Å². The van der Waals surface area contributed by atoms with Crippen LogP contribution in [0.2, 0.25) is 0 Å². The molecule has 1 amide bonds. The van der Waals surface area contributed by atoms with Crippen molar-refractivity contribution < 1.29 is 4.79 Å². The highest BCUT2D eigenvalue weighted by Crippen LogP contribution is 2.23. The van der Waals surface area contributed by atoms with Gasteiger partial charge in [0.1, 0.15) is 0 Å². The Balaban J connectivity index is 2.26. The first-order chi connectivity index (χ1) is 7.79. The van der Waals surface area contributed by atoms with E-state index in [0.717, 1.165) is 19.4 Å². The van der Waals surface area contributed by atoms with Crippen LogP contribution in [0.3, 0.4) is 0 Å². The number of hydrogen-bond acceptors (Lipinski definition) is 1. The van der Waals surface area contributed by atoms with Crippen LogP contribution in [-0.2, 0) is 4.79 Å². The number of nitrogens with zero attached hydrogens (tertiary/aromatic N) is 1. The molecule has 2 nitrogen and oxygen atoms in total. The van der Waals surface area contributed by atoms with Gasteiger partial charge in [-0.2, -0.15) is 0 Å². The van der Waals surface area contributed by atoms with Gasteiger partial charge in [-0.1, -0.05) is 39.5 Å². The number of rotatable bonds is 7. The molecule has 1 fully saturated rings. The van der Waals surface area contributed by atoms with Crippen molar-refractivity contribution in [3.63, 3.8) is 0 Å². The zero-order chi connectivity index (χ0) is 11.8. The normalized spacial score (nSPS) is 20.4. The second-order valence-corrected chi connectivity index (χ2v) is 4.98. The van der Waals surface area contributed by atoms with E-state index >= 15 is 0 Å². The summed E-state index contributed by atoms with van der Waals surface area (Å²) in [5.74, 6) is 0.389. The van der Waals surface area contributed by atoms with Gasteiger partial charge in [-0.25, -0.2) is 0 Å². The van der Waals surface area contributed by atoms with Gasteiger partial charge in [0.15, 0.2) is 0 Å². The van der Waals surface area contributed by atoms with Crippen LogP contribution in [0, 0.1) is 0 Å². The first-order valence-electron chi connectivity index (χ1n) is 7.09. The monoisotopic (exact) mass is 225 g/mol. The van der Waals surface area contributed by atoms with E-state index in [9.17, 15) is 4.79 Å². The molecule has 0 saturated carbocycles. The summed E-state index contributed by atoms with van der Waals surface area (Å²) < 4.78 is 0. The van der Waals surface area contributed by atoms with Crippen LogP contribution in [0.25, 0.3) is 0 Å². The van der Waals surface area contributed by atoms with E-state index in [4.69, 9.17) is 0 Å². The van der Waals surface area contributed by atoms with Gasteiger partial charge in [0.25, 0.3) is 0 Å². The quantitative estimate of drug-likeness (QED) is 0.604. The van der Waals surface area contributed by atoms with Crippen molar-refractivity contribution in [2.75, 3.05) is 6.54 Å². The molecule has 0 aromatic heterocycles. The van der Waals surface area contributed by atoms with Crippen molar-refractivity contribution in [3.8, 4) is 0 Å². The molecule has 0 aromatic rings. The number of unbranched alkanes of at least 4 members (excludes halogenated alkanes) is 3. The van der Waals surface area contributed by atoms with E-state index in [-0.39, 0.29) is 0 Å². The maximum Gasteiger partial charge on any atom is 0.222 e. The molecule has 1 rings (SSSR count). The molecule has 1 atom stereocenters. The molecule has 1 aliphatic rings. The molecule has 0 aromatic carbocycles. The third-order valence-corrected chi connectivity index (χ3v) is 3.55. The molecule has 0 bridgehead atoms. The molecule has 1 aliphatic heterocycles. The molecular weight excluding hydrogens is 198 g/mol. The molecule has 0 N–H and O–H groups in total. The number of hydrogen-bond donors (Lipinski definition) is 0. The Morgan fingerprint density at radius 3 is 2.69 bits per heavy atom. The number of carbonyl (C=O) groups is 1. The molecule has 2 heteroatoms. The fourth-order valence-electron chi connectivity index (χ4n) is 2.63. The minimum absolute atomic E-state index is 0.389. The van der Waals surface area contributed by atoms with Gasteiger partial charge < -0.3 is 4.90 Å². The lowest BCUT2D eigenvalue weighted by atomic mass is 10.1. The Morgan fingerprint density at radius 1 is 1.19 bits per heavy atom. The summed E-state index contributed by atoms with van der Waals surface area (Å²) in [7, 11) is 0. The van der Waals surface area contributed by atoms with Gasteiger partial charge in [-0.3, -0.25) is 4.79 Å².